The van der Waals surface area contributed by atoms with Crippen LogP contribution in [-0.2, 0) is 23.0 Å². The van der Waals surface area contributed by atoms with Crippen LogP contribution in [0.2, 0.25) is 0 Å². The molecule has 0 bridgehead atoms. The zero-order chi connectivity index (χ0) is 19.4. The van der Waals surface area contributed by atoms with Crippen molar-refractivity contribution in [3.05, 3.63) is 55.7 Å². The first-order chi connectivity index (χ1) is 12.2. The van der Waals surface area contributed by atoms with E-state index in [4.69, 9.17) is 15.2 Å². The van der Waals surface area contributed by atoms with Crippen molar-refractivity contribution >= 4 is 17.6 Å². The molecule has 138 valence electrons. The number of rotatable bonds is 6. The van der Waals surface area contributed by atoms with Gasteiger partial charge in [0.1, 0.15) is 17.1 Å². The summed E-state index contributed by atoms with van der Waals surface area (Å²) < 4.78 is 11.0. The lowest BCUT2D eigenvalue weighted by molar-refractivity contribution is -0.141. The second-order valence-corrected chi connectivity index (χ2v) is 5.65. The van der Waals surface area contributed by atoms with E-state index in [1.807, 2.05) is 18.0 Å². The Hall–Kier alpha value is -3.36. The smallest absolute Gasteiger partial charge is 0.329 e. The quantitative estimate of drug-likeness (QED) is 0.544. The largest absolute Gasteiger partial charge is 0.496 e. The van der Waals surface area contributed by atoms with Crippen molar-refractivity contribution in [2.45, 2.75) is 13.3 Å². The summed E-state index contributed by atoms with van der Waals surface area (Å²) >= 11 is 0. The number of benzene rings is 1. The lowest BCUT2D eigenvalue weighted by Gasteiger charge is -2.10. The molecule has 0 radical (unpaired) electrons. The van der Waals surface area contributed by atoms with Crippen LogP contribution in [0.3, 0.4) is 0 Å². The number of aryl methyl sites for hydroxylation is 1. The van der Waals surface area contributed by atoms with Crippen LogP contribution in [0.1, 0.15) is 21.5 Å². The number of carbonyl (C=O) groups excluding carboxylic acids is 2. The van der Waals surface area contributed by atoms with E-state index in [0.717, 1.165) is 10.1 Å². The molecule has 0 fully saturated rings. The normalized spacial score (nSPS) is 10.4. The van der Waals surface area contributed by atoms with E-state index in [9.17, 15) is 19.2 Å². The number of hydrogen-bond acceptors (Lipinski definition) is 7. The van der Waals surface area contributed by atoms with Crippen LogP contribution in [0.5, 0.6) is 5.75 Å². The van der Waals surface area contributed by atoms with E-state index in [0.29, 0.717) is 11.3 Å². The number of nitrogens with two attached hydrogens (primary N) is 1. The Morgan fingerprint density at radius 2 is 1.96 bits per heavy atom. The first-order valence-corrected chi connectivity index (χ1v) is 7.65. The van der Waals surface area contributed by atoms with Gasteiger partial charge in [-0.25, -0.2) is 4.79 Å². The lowest BCUT2D eigenvalue weighted by atomic mass is 10.1. The molecule has 0 aliphatic carbocycles. The minimum Gasteiger partial charge on any atom is -0.496 e. The number of aromatic nitrogens is 2. The maximum absolute atomic E-state index is 12.2. The van der Waals surface area contributed by atoms with Crippen LogP contribution in [0, 0.1) is 6.92 Å². The zero-order valence-corrected chi connectivity index (χ0v) is 14.6. The summed E-state index contributed by atoms with van der Waals surface area (Å²) in [5, 5.41) is 0. The van der Waals surface area contributed by atoms with E-state index < -0.39 is 35.2 Å². The highest BCUT2D eigenvalue weighted by atomic mass is 16.5. The topological polar surface area (TPSA) is 133 Å². The molecular weight excluding hydrogens is 342 g/mol. The zero-order valence-electron chi connectivity index (χ0n) is 14.6. The van der Waals surface area contributed by atoms with Gasteiger partial charge < -0.3 is 15.2 Å². The minimum atomic E-state index is -0.924. The van der Waals surface area contributed by atoms with Gasteiger partial charge in [0.05, 0.1) is 13.5 Å². The molecule has 1 aromatic carbocycles. The number of esters is 1. The van der Waals surface area contributed by atoms with Gasteiger partial charge in [-0.2, -0.15) is 0 Å². The molecule has 2 rings (SSSR count). The Bertz CT molecular complexity index is 973. The molecule has 0 aliphatic rings. The second-order valence-electron chi connectivity index (χ2n) is 5.65. The fourth-order valence-corrected chi connectivity index (χ4v) is 2.38. The maximum Gasteiger partial charge on any atom is 0.329 e. The van der Waals surface area contributed by atoms with Gasteiger partial charge in [0.25, 0.3) is 5.56 Å². The fraction of sp³-hybridized carbons (Fsp3) is 0.294. The summed E-state index contributed by atoms with van der Waals surface area (Å²) in [7, 11) is 2.79. The second kappa shape index (κ2) is 7.68. The molecule has 0 atom stereocenters. The Morgan fingerprint density at radius 1 is 1.27 bits per heavy atom. The van der Waals surface area contributed by atoms with Gasteiger partial charge >= 0.3 is 11.7 Å². The molecule has 3 N–H and O–H groups in total. The molecule has 0 spiro atoms. The third-order valence-corrected chi connectivity index (χ3v) is 3.78. The maximum atomic E-state index is 12.2. The number of nitrogen functional groups attached to an aromatic ring is 1. The van der Waals surface area contributed by atoms with E-state index in [2.05, 4.69) is 0 Å². The molecule has 0 saturated carbocycles. The van der Waals surface area contributed by atoms with Crippen molar-refractivity contribution in [2.75, 3.05) is 19.5 Å². The van der Waals surface area contributed by atoms with Gasteiger partial charge in [-0.15, -0.1) is 0 Å². The highest BCUT2D eigenvalue weighted by molar-refractivity contribution is 6.01. The third-order valence-electron chi connectivity index (χ3n) is 3.78. The number of methoxy groups -OCH3 is 1. The summed E-state index contributed by atoms with van der Waals surface area (Å²) in [6, 6.07) is 5.34. The molecule has 26 heavy (non-hydrogen) atoms. The molecule has 9 nitrogen and oxygen atoms in total. The number of Topliss-reactive ketones (excluding diaryl/α,β-unsaturated/α-hetero) is 1. The Labute approximate surface area is 148 Å². The molecule has 0 amide bonds. The number of carbonyl (C=O) groups is 2. The average Bonchev–Trinajstić information content (AvgIpc) is 2.58. The van der Waals surface area contributed by atoms with Crippen LogP contribution in [0.25, 0.3) is 0 Å². The van der Waals surface area contributed by atoms with Gasteiger partial charge in [-0.1, -0.05) is 17.7 Å². The summed E-state index contributed by atoms with van der Waals surface area (Å²) in [6.07, 6.45) is -0.1000. The summed E-state index contributed by atoms with van der Waals surface area (Å²) in [5.41, 5.74) is 5.10. The number of nitrogens with one attached hydrogen (secondary N) is 1. The molecule has 2 aromatic rings. The van der Waals surface area contributed by atoms with E-state index in [1.165, 1.54) is 14.2 Å². The molecule has 0 unspecified atom stereocenters. The minimum absolute atomic E-state index is 0.1000. The van der Waals surface area contributed by atoms with Gasteiger partial charge in [0.2, 0.25) is 5.78 Å². The van der Waals surface area contributed by atoms with Crippen molar-refractivity contribution in [3.63, 3.8) is 0 Å². The lowest BCUT2D eigenvalue weighted by Crippen LogP contribution is -2.35. The SMILES string of the molecule is COc1ccc(C)cc1CC(=O)OCC(=O)c1c(N)n(C)c(=O)[nH]c1=O. The van der Waals surface area contributed by atoms with E-state index in [-0.39, 0.29) is 12.2 Å². The summed E-state index contributed by atoms with van der Waals surface area (Å²) in [4.78, 5) is 49.4. The summed E-state index contributed by atoms with van der Waals surface area (Å²) in [5.74, 6) is -1.23. The first-order valence-electron chi connectivity index (χ1n) is 7.65. The molecular formula is C17H19N3O6. The van der Waals surface area contributed by atoms with Crippen LogP contribution < -0.4 is 21.7 Å². The fourth-order valence-electron chi connectivity index (χ4n) is 2.38. The molecule has 0 saturated heterocycles. The monoisotopic (exact) mass is 361 g/mol. The highest BCUT2D eigenvalue weighted by Gasteiger charge is 2.20. The van der Waals surface area contributed by atoms with Crippen LogP contribution in [-0.4, -0.2) is 35.0 Å². The number of hydrogen-bond donors (Lipinski definition) is 2. The molecule has 1 aromatic heterocycles. The number of nitrogens with zero attached hydrogens (tertiary/aromatic N) is 1. The first kappa shape index (κ1) is 19.0. The van der Waals surface area contributed by atoms with E-state index in [1.54, 1.807) is 12.1 Å². The van der Waals surface area contributed by atoms with Gasteiger partial charge in [0.15, 0.2) is 6.61 Å². The average molecular weight is 361 g/mol. The predicted molar refractivity (Wildman–Crippen MR) is 93.4 cm³/mol. The van der Waals surface area contributed by atoms with Gasteiger partial charge in [-0.05, 0) is 13.0 Å². The number of aromatic amines is 1. The van der Waals surface area contributed by atoms with Crippen LogP contribution in [0.15, 0.2) is 27.8 Å². The third kappa shape index (κ3) is 4.00. The van der Waals surface area contributed by atoms with Crippen molar-refractivity contribution in [2.24, 2.45) is 7.05 Å². The van der Waals surface area contributed by atoms with Gasteiger partial charge in [0, 0.05) is 12.6 Å². The van der Waals surface area contributed by atoms with Crippen molar-refractivity contribution in [1.29, 1.82) is 0 Å². The van der Waals surface area contributed by atoms with Crippen molar-refractivity contribution in [1.82, 2.24) is 9.55 Å². The summed E-state index contributed by atoms with van der Waals surface area (Å²) in [6.45, 7) is 1.20. The standard InChI is InChI=1S/C17H19N3O6/c1-9-4-5-12(25-3)10(6-9)7-13(22)26-8-11(21)14-15(18)20(2)17(24)19-16(14)23/h4-6H,7-8,18H2,1-3H3,(H,19,23,24). The van der Waals surface area contributed by atoms with Crippen LogP contribution in [0.4, 0.5) is 5.82 Å². The Morgan fingerprint density at radius 3 is 2.62 bits per heavy atom. The molecule has 1 heterocycles. The highest BCUT2D eigenvalue weighted by Crippen LogP contribution is 2.20. The molecule has 9 heteroatoms. The van der Waals surface area contributed by atoms with Crippen LogP contribution >= 0.6 is 0 Å². The Balaban J connectivity index is 2.10. The Kier molecular flexibility index (Phi) is 5.61. The van der Waals surface area contributed by atoms with Crippen molar-refractivity contribution < 1.29 is 19.1 Å². The number of anilines is 1. The van der Waals surface area contributed by atoms with Crippen molar-refractivity contribution in [3.8, 4) is 5.75 Å². The number of ether oxygens (including phenoxy) is 2. The van der Waals surface area contributed by atoms with Gasteiger partial charge in [-0.3, -0.25) is 23.9 Å². The van der Waals surface area contributed by atoms with E-state index >= 15 is 0 Å². The number of H-pyrrole nitrogens is 1. The number of ketones is 1. The predicted octanol–water partition coefficient (Wildman–Crippen LogP) is -0.0586. The molecule has 0 aliphatic heterocycles.